The summed E-state index contributed by atoms with van der Waals surface area (Å²) in [5, 5.41) is 8.84. The van der Waals surface area contributed by atoms with Crippen LogP contribution in [0.25, 0.3) is 11.7 Å². The second-order valence-corrected chi connectivity index (χ2v) is 8.94. The molecule has 3 aromatic rings. The Kier molecular flexibility index (Phi) is 6.57. The molecule has 0 aliphatic carbocycles. The number of carboxylic acids is 1. The van der Waals surface area contributed by atoms with Gasteiger partial charge in [-0.3, -0.25) is 23.7 Å². The van der Waals surface area contributed by atoms with Gasteiger partial charge >= 0.3 is 5.97 Å². The minimum atomic E-state index is -0.941. The number of amides is 1. The number of hydrogen-bond donors (Lipinski definition) is 1. The summed E-state index contributed by atoms with van der Waals surface area (Å²) in [5.74, 6) is -0.698. The van der Waals surface area contributed by atoms with E-state index >= 15 is 0 Å². The Morgan fingerprint density at radius 1 is 1.21 bits per heavy atom. The number of pyridine rings is 1. The van der Waals surface area contributed by atoms with Gasteiger partial charge < -0.3 is 9.84 Å². The van der Waals surface area contributed by atoms with Crippen LogP contribution in [0.4, 0.5) is 0 Å². The summed E-state index contributed by atoms with van der Waals surface area (Å²) in [6.45, 7) is 2.07. The zero-order chi connectivity index (χ0) is 23.5. The first-order valence-corrected chi connectivity index (χ1v) is 11.3. The van der Waals surface area contributed by atoms with E-state index in [4.69, 9.17) is 22.1 Å². The third-order valence-electron chi connectivity index (χ3n) is 4.96. The van der Waals surface area contributed by atoms with Gasteiger partial charge in [0.1, 0.15) is 21.3 Å². The number of benzene rings is 1. The van der Waals surface area contributed by atoms with Crippen LogP contribution in [0.5, 0.6) is 11.6 Å². The molecule has 8 nitrogen and oxygen atoms in total. The van der Waals surface area contributed by atoms with Crippen LogP contribution in [0.1, 0.15) is 24.0 Å². The lowest BCUT2D eigenvalue weighted by Gasteiger charge is -2.13. The zero-order valence-corrected chi connectivity index (χ0v) is 19.2. The maximum absolute atomic E-state index is 13.3. The number of aromatic nitrogens is 2. The van der Waals surface area contributed by atoms with Crippen molar-refractivity contribution in [3.05, 3.63) is 75.0 Å². The van der Waals surface area contributed by atoms with E-state index in [1.54, 1.807) is 30.5 Å². The summed E-state index contributed by atoms with van der Waals surface area (Å²) in [6.07, 6.45) is 3.24. The van der Waals surface area contributed by atoms with Gasteiger partial charge in [0.25, 0.3) is 11.5 Å². The Bertz CT molecular complexity index is 1370. The first-order chi connectivity index (χ1) is 15.8. The van der Waals surface area contributed by atoms with Crippen LogP contribution >= 0.6 is 24.0 Å². The summed E-state index contributed by atoms with van der Waals surface area (Å²) in [4.78, 5) is 43.1. The number of aryl methyl sites for hydroxylation is 1. The third kappa shape index (κ3) is 4.81. The van der Waals surface area contributed by atoms with Gasteiger partial charge in [0.15, 0.2) is 0 Å². The molecule has 1 aliphatic heterocycles. The molecule has 1 saturated heterocycles. The second kappa shape index (κ2) is 9.55. The molecule has 1 N–H and O–H groups in total. The summed E-state index contributed by atoms with van der Waals surface area (Å²) < 4.78 is 7.71. The molecular weight excluding hydrogens is 462 g/mol. The standard InChI is InChI=1S/C23H19N3O5S2/c1-14-7-2-3-8-16(14)31-20-15(21(29)25-11-5-4-9-18(25)24-20)13-17-22(30)26(23(32)33-17)12-6-10-19(27)28/h2-5,7-9,11,13H,6,10,12H2,1H3,(H,27,28)/b17-13+. The topological polar surface area (TPSA) is 101 Å². The smallest absolute Gasteiger partial charge is 0.303 e. The number of ether oxygens (including phenoxy) is 1. The highest BCUT2D eigenvalue weighted by molar-refractivity contribution is 8.26. The van der Waals surface area contributed by atoms with Gasteiger partial charge in [-0.15, -0.1) is 0 Å². The van der Waals surface area contributed by atoms with E-state index in [0.717, 1.165) is 17.3 Å². The molecule has 1 aliphatic rings. The number of nitrogens with zero attached hydrogens (tertiary/aromatic N) is 3. The molecule has 1 aromatic carbocycles. The summed E-state index contributed by atoms with van der Waals surface area (Å²) >= 11 is 6.36. The van der Waals surface area contributed by atoms with Crippen molar-refractivity contribution < 1.29 is 19.4 Å². The fourth-order valence-electron chi connectivity index (χ4n) is 3.27. The van der Waals surface area contributed by atoms with Crippen LogP contribution in [0.3, 0.4) is 0 Å². The van der Waals surface area contributed by atoms with E-state index in [-0.39, 0.29) is 47.2 Å². The SMILES string of the molecule is Cc1ccccc1Oc1nc2ccccn2c(=O)c1/C=C1/SC(=S)N(CCCC(=O)O)C1=O. The summed E-state index contributed by atoms with van der Waals surface area (Å²) in [6, 6.07) is 12.5. The minimum absolute atomic E-state index is 0.0690. The number of carbonyl (C=O) groups excluding carboxylic acids is 1. The fraction of sp³-hybridized carbons (Fsp3) is 0.174. The van der Waals surface area contributed by atoms with E-state index in [9.17, 15) is 14.4 Å². The fourth-order valence-corrected chi connectivity index (χ4v) is 4.56. The van der Waals surface area contributed by atoms with E-state index in [1.807, 2.05) is 25.1 Å². The maximum atomic E-state index is 13.3. The number of carbonyl (C=O) groups is 2. The van der Waals surface area contributed by atoms with Gasteiger partial charge in [0.05, 0.1) is 4.91 Å². The van der Waals surface area contributed by atoms with Crippen molar-refractivity contribution in [1.82, 2.24) is 14.3 Å². The molecule has 2 aromatic heterocycles. The molecule has 4 rings (SSSR count). The highest BCUT2D eigenvalue weighted by Gasteiger charge is 2.32. The predicted octanol–water partition coefficient (Wildman–Crippen LogP) is 3.86. The Hall–Kier alpha value is -3.50. The van der Waals surface area contributed by atoms with Gasteiger partial charge in [0.2, 0.25) is 5.88 Å². The second-order valence-electron chi connectivity index (χ2n) is 7.26. The average Bonchev–Trinajstić information content (AvgIpc) is 3.05. The highest BCUT2D eigenvalue weighted by Crippen LogP contribution is 2.34. The number of aliphatic carboxylic acids is 1. The van der Waals surface area contributed by atoms with Crippen LogP contribution < -0.4 is 10.3 Å². The maximum Gasteiger partial charge on any atom is 0.303 e. The van der Waals surface area contributed by atoms with Crippen molar-refractivity contribution >= 4 is 51.9 Å². The van der Waals surface area contributed by atoms with Crippen LogP contribution in [0, 0.1) is 6.92 Å². The summed E-state index contributed by atoms with van der Waals surface area (Å²) in [5.41, 5.74) is 1.00. The first-order valence-electron chi connectivity index (χ1n) is 10.1. The predicted molar refractivity (Wildman–Crippen MR) is 129 cm³/mol. The monoisotopic (exact) mass is 481 g/mol. The molecule has 0 spiro atoms. The molecule has 0 atom stereocenters. The Labute approximate surface area is 198 Å². The van der Waals surface area contributed by atoms with Crippen molar-refractivity contribution in [2.45, 2.75) is 19.8 Å². The van der Waals surface area contributed by atoms with Crippen LogP contribution in [0.2, 0.25) is 0 Å². The summed E-state index contributed by atoms with van der Waals surface area (Å²) in [7, 11) is 0. The van der Waals surface area contributed by atoms with Gasteiger partial charge in [0, 0.05) is 19.2 Å². The van der Waals surface area contributed by atoms with Crippen molar-refractivity contribution in [2.75, 3.05) is 6.54 Å². The lowest BCUT2D eigenvalue weighted by Crippen LogP contribution is -2.29. The Balaban J connectivity index is 1.75. The Morgan fingerprint density at radius 2 is 1.97 bits per heavy atom. The van der Waals surface area contributed by atoms with Crippen LogP contribution in [-0.2, 0) is 9.59 Å². The molecule has 0 bridgehead atoms. The first kappa shape index (κ1) is 22.7. The molecule has 1 amide bonds. The van der Waals surface area contributed by atoms with E-state index < -0.39 is 5.97 Å². The van der Waals surface area contributed by atoms with Crippen molar-refractivity contribution in [3.63, 3.8) is 0 Å². The van der Waals surface area contributed by atoms with Crippen molar-refractivity contribution in [1.29, 1.82) is 0 Å². The molecule has 3 heterocycles. The number of carboxylic acid groups (broad SMARTS) is 1. The van der Waals surface area contributed by atoms with Gasteiger partial charge in [-0.2, -0.15) is 4.98 Å². The zero-order valence-electron chi connectivity index (χ0n) is 17.6. The lowest BCUT2D eigenvalue weighted by molar-refractivity contribution is -0.137. The molecule has 10 heteroatoms. The van der Waals surface area contributed by atoms with E-state index in [0.29, 0.717) is 15.7 Å². The minimum Gasteiger partial charge on any atom is -0.481 e. The number of hydrogen-bond acceptors (Lipinski definition) is 7. The van der Waals surface area contributed by atoms with Gasteiger partial charge in [-0.1, -0.05) is 48.2 Å². The van der Waals surface area contributed by atoms with Gasteiger partial charge in [-0.05, 0) is 43.2 Å². The highest BCUT2D eigenvalue weighted by atomic mass is 32.2. The molecule has 33 heavy (non-hydrogen) atoms. The largest absolute Gasteiger partial charge is 0.481 e. The normalized spacial score (nSPS) is 14.9. The number of thioether (sulfide) groups is 1. The number of rotatable bonds is 7. The van der Waals surface area contributed by atoms with E-state index in [2.05, 4.69) is 4.98 Å². The molecule has 0 saturated carbocycles. The number of fused-ring (bicyclic) bond motifs is 1. The van der Waals surface area contributed by atoms with Gasteiger partial charge in [-0.25, -0.2) is 0 Å². The molecule has 1 fully saturated rings. The quantitative estimate of drug-likeness (QED) is 0.401. The number of thiocarbonyl (C=S) groups is 1. The molecular formula is C23H19N3O5S2. The van der Waals surface area contributed by atoms with Crippen LogP contribution in [0.15, 0.2) is 58.4 Å². The molecule has 0 unspecified atom stereocenters. The average molecular weight is 482 g/mol. The lowest BCUT2D eigenvalue weighted by atomic mass is 10.2. The van der Waals surface area contributed by atoms with Crippen LogP contribution in [-0.4, -0.2) is 42.1 Å². The molecule has 168 valence electrons. The molecule has 0 radical (unpaired) electrons. The Morgan fingerprint density at radius 3 is 2.73 bits per heavy atom. The third-order valence-corrected chi connectivity index (χ3v) is 6.33. The van der Waals surface area contributed by atoms with E-state index in [1.165, 1.54) is 15.4 Å². The number of para-hydroxylation sites is 1. The van der Waals surface area contributed by atoms with Crippen molar-refractivity contribution in [2.24, 2.45) is 0 Å². The van der Waals surface area contributed by atoms with Crippen molar-refractivity contribution in [3.8, 4) is 11.6 Å².